The molecule has 0 spiro atoms. The Balaban J connectivity index is 3.17. The van der Waals surface area contributed by atoms with Crippen LogP contribution in [0, 0.1) is 12.7 Å². The topological polar surface area (TPSA) is 72.2 Å². The third-order valence-corrected chi connectivity index (χ3v) is 2.78. The summed E-state index contributed by atoms with van der Waals surface area (Å²) in [5, 5.41) is 2.55. The van der Waals surface area contributed by atoms with Gasteiger partial charge in [-0.3, -0.25) is 9.59 Å². The molecule has 1 aromatic carbocycles. The number of primary amides is 1. The van der Waals surface area contributed by atoms with Crippen LogP contribution in [0.15, 0.2) is 12.1 Å². The number of hydrogen-bond donors (Lipinski definition) is 2. The SMILES string of the molecule is Cc1c(F)cc(C(N)=O)cc1NC(=O)C(C)(C)Br. The van der Waals surface area contributed by atoms with Crippen molar-refractivity contribution in [3.05, 3.63) is 29.1 Å². The summed E-state index contributed by atoms with van der Waals surface area (Å²) in [6.07, 6.45) is 0. The first-order chi connectivity index (χ1) is 8.12. The Kier molecular flexibility index (Phi) is 4.11. The first-order valence-corrected chi connectivity index (χ1v) is 6.02. The van der Waals surface area contributed by atoms with Gasteiger partial charge >= 0.3 is 0 Å². The number of anilines is 1. The van der Waals surface area contributed by atoms with Gasteiger partial charge in [-0.15, -0.1) is 0 Å². The van der Waals surface area contributed by atoms with Gasteiger partial charge in [0.1, 0.15) is 5.82 Å². The van der Waals surface area contributed by atoms with Gasteiger partial charge in [-0.25, -0.2) is 4.39 Å². The number of nitrogens with two attached hydrogens (primary N) is 1. The van der Waals surface area contributed by atoms with Crippen LogP contribution in [-0.4, -0.2) is 16.1 Å². The molecule has 0 radical (unpaired) electrons. The summed E-state index contributed by atoms with van der Waals surface area (Å²) in [4.78, 5) is 22.8. The van der Waals surface area contributed by atoms with E-state index in [-0.39, 0.29) is 22.7 Å². The minimum absolute atomic E-state index is 0.0146. The molecule has 0 aliphatic rings. The molecule has 4 nitrogen and oxygen atoms in total. The summed E-state index contributed by atoms with van der Waals surface area (Å²) in [5.74, 6) is -1.68. The van der Waals surface area contributed by atoms with Crippen LogP contribution in [0.25, 0.3) is 0 Å². The average Bonchev–Trinajstić information content (AvgIpc) is 2.22. The molecule has 0 aliphatic heterocycles. The van der Waals surface area contributed by atoms with Gasteiger partial charge in [-0.2, -0.15) is 0 Å². The highest BCUT2D eigenvalue weighted by Crippen LogP contribution is 2.24. The molecule has 0 atom stereocenters. The molecule has 0 bridgehead atoms. The van der Waals surface area contributed by atoms with E-state index in [0.29, 0.717) is 0 Å². The van der Waals surface area contributed by atoms with Crippen LogP contribution in [0.1, 0.15) is 29.8 Å². The second kappa shape index (κ2) is 5.06. The molecule has 0 aliphatic carbocycles. The molecule has 18 heavy (non-hydrogen) atoms. The third kappa shape index (κ3) is 3.29. The quantitative estimate of drug-likeness (QED) is 0.840. The summed E-state index contributed by atoms with van der Waals surface area (Å²) in [5.41, 5.74) is 5.60. The zero-order valence-electron chi connectivity index (χ0n) is 10.3. The molecule has 98 valence electrons. The summed E-state index contributed by atoms with van der Waals surface area (Å²) in [6, 6.07) is 2.41. The van der Waals surface area contributed by atoms with E-state index in [1.807, 2.05) is 0 Å². The van der Waals surface area contributed by atoms with Crippen LogP contribution < -0.4 is 11.1 Å². The van der Waals surface area contributed by atoms with Crippen molar-refractivity contribution in [2.24, 2.45) is 5.73 Å². The average molecular weight is 317 g/mol. The Morgan fingerprint density at radius 3 is 2.39 bits per heavy atom. The number of carbonyl (C=O) groups excluding carboxylic acids is 2. The highest BCUT2D eigenvalue weighted by Gasteiger charge is 2.24. The van der Waals surface area contributed by atoms with Crippen LogP contribution in [0.4, 0.5) is 10.1 Å². The largest absolute Gasteiger partial charge is 0.366 e. The maximum atomic E-state index is 13.6. The van der Waals surface area contributed by atoms with Crippen LogP contribution in [0.3, 0.4) is 0 Å². The standard InChI is InChI=1S/C12H14BrFN2O2/c1-6-8(14)4-7(10(15)17)5-9(6)16-11(18)12(2,3)13/h4-5H,1-3H3,(H2,15,17)(H,16,18). The summed E-state index contributed by atoms with van der Waals surface area (Å²) in [7, 11) is 0. The van der Waals surface area contributed by atoms with Crippen LogP contribution in [-0.2, 0) is 4.79 Å². The van der Waals surface area contributed by atoms with E-state index in [4.69, 9.17) is 5.73 Å². The Morgan fingerprint density at radius 1 is 1.39 bits per heavy atom. The molecule has 6 heteroatoms. The van der Waals surface area contributed by atoms with Crippen LogP contribution in [0.5, 0.6) is 0 Å². The minimum atomic E-state index is -0.793. The Bertz CT molecular complexity index is 510. The van der Waals surface area contributed by atoms with Crippen molar-refractivity contribution in [2.45, 2.75) is 25.1 Å². The number of carbonyl (C=O) groups is 2. The van der Waals surface area contributed by atoms with Crippen molar-refractivity contribution in [1.82, 2.24) is 0 Å². The molecule has 0 saturated carbocycles. The number of rotatable bonds is 3. The first-order valence-electron chi connectivity index (χ1n) is 5.23. The maximum Gasteiger partial charge on any atom is 0.248 e. The zero-order valence-corrected chi connectivity index (χ0v) is 11.9. The van der Waals surface area contributed by atoms with Crippen molar-refractivity contribution in [3.8, 4) is 0 Å². The molecular weight excluding hydrogens is 303 g/mol. The van der Waals surface area contributed by atoms with Gasteiger partial charge < -0.3 is 11.1 Å². The van der Waals surface area contributed by atoms with Crippen LogP contribution >= 0.6 is 15.9 Å². The van der Waals surface area contributed by atoms with Gasteiger partial charge in [-0.1, -0.05) is 15.9 Å². The molecule has 3 N–H and O–H groups in total. The Morgan fingerprint density at radius 2 is 1.94 bits per heavy atom. The summed E-state index contributed by atoms with van der Waals surface area (Å²) < 4.78 is 12.8. The van der Waals surface area contributed by atoms with E-state index in [0.717, 1.165) is 6.07 Å². The number of nitrogens with one attached hydrogen (secondary N) is 1. The van der Waals surface area contributed by atoms with Gasteiger partial charge in [0.15, 0.2) is 0 Å². The third-order valence-electron chi connectivity index (χ3n) is 2.42. The van der Waals surface area contributed by atoms with Crippen molar-refractivity contribution in [1.29, 1.82) is 0 Å². The van der Waals surface area contributed by atoms with E-state index < -0.39 is 16.0 Å². The fraction of sp³-hybridized carbons (Fsp3) is 0.333. The zero-order chi connectivity index (χ0) is 14.1. The van der Waals surface area contributed by atoms with Crippen molar-refractivity contribution < 1.29 is 14.0 Å². The van der Waals surface area contributed by atoms with Crippen molar-refractivity contribution in [3.63, 3.8) is 0 Å². The lowest BCUT2D eigenvalue weighted by Crippen LogP contribution is -2.31. The fourth-order valence-electron chi connectivity index (χ4n) is 1.22. The number of alkyl halides is 1. The smallest absolute Gasteiger partial charge is 0.248 e. The lowest BCUT2D eigenvalue weighted by atomic mass is 10.1. The number of halogens is 2. The lowest BCUT2D eigenvalue weighted by Gasteiger charge is -2.17. The first kappa shape index (κ1) is 14.6. The van der Waals surface area contributed by atoms with E-state index in [1.54, 1.807) is 13.8 Å². The van der Waals surface area contributed by atoms with E-state index >= 15 is 0 Å². The number of hydrogen-bond acceptors (Lipinski definition) is 2. The van der Waals surface area contributed by atoms with Gasteiger partial charge in [0.2, 0.25) is 11.8 Å². The second-order valence-electron chi connectivity index (χ2n) is 4.42. The summed E-state index contributed by atoms with van der Waals surface area (Å²) in [6.45, 7) is 4.83. The van der Waals surface area contributed by atoms with E-state index in [1.165, 1.54) is 13.0 Å². The Labute approximate surface area is 113 Å². The second-order valence-corrected chi connectivity index (χ2v) is 6.40. The summed E-state index contributed by atoms with van der Waals surface area (Å²) >= 11 is 3.19. The monoisotopic (exact) mass is 316 g/mol. The highest BCUT2D eigenvalue weighted by molar-refractivity contribution is 9.10. The fourth-order valence-corrected chi connectivity index (χ4v) is 1.32. The number of benzene rings is 1. The molecule has 0 fully saturated rings. The van der Waals surface area contributed by atoms with Gasteiger partial charge in [0.25, 0.3) is 0 Å². The molecule has 1 rings (SSSR count). The normalized spacial score (nSPS) is 11.2. The van der Waals surface area contributed by atoms with E-state index in [9.17, 15) is 14.0 Å². The lowest BCUT2D eigenvalue weighted by molar-refractivity contribution is -0.117. The van der Waals surface area contributed by atoms with Gasteiger partial charge in [0.05, 0.1) is 4.32 Å². The molecule has 0 saturated heterocycles. The van der Waals surface area contributed by atoms with E-state index in [2.05, 4.69) is 21.2 Å². The van der Waals surface area contributed by atoms with Crippen LogP contribution in [0.2, 0.25) is 0 Å². The highest BCUT2D eigenvalue weighted by atomic mass is 79.9. The molecular formula is C12H14BrFN2O2. The van der Waals surface area contributed by atoms with Crippen molar-refractivity contribution in [2.75, 3.05) is 5.32 Å². The van der Waals surface area contributed by atoms with Gasteiger partial charge in [-0.05, 0) is 32.9 Å². The Hall–Kier alpha value is -1.43. The minimum Gasteiger partial charge on any atom is -0.366 e. The molecule has 0 unspecified atom stereocenters. The van der Waals surface area contributed by atoms with Crippen molar-refractivity contribution >= 4 is 33.4 Å². The predicted octanol–water partition coefficient (Wildman–Crippen LogP) is 2.35. The van der Waals surface area contributed by atoms with Gasteiger partial charge in [0, 0.05) is 16.8 Å². The maximum absolute atomic E-state index is 13.6. The number of amides is 2. The molecule has 1 aromatic rings. The molecule has 0 aromatic heterocycles. The molecule has 2 amide bonds. The molecule has 0 heterocycles. The predicted molar refractivity (Wildman–Crippen MR) is 71.3 cm³/mol.